The summed E-state index contributed by atoms with van der Waals surface area (Å²) in [4.78, 5) is 15.5. The van der Waals surface area contributed by atoms with Crippen LogP contribution in [-0.4, -0.2) is 43.1 Å². The van der Waals surface area contributed by atoms with E-state index in [0.717, 1.165) is 10.9 Å². The van der Waals surface area contributed by atoms with E-state index in [-0.39, 0.29) is 36.6 Å². The van der Waals surface area contributed by atoms with E-state index in [9.17, 15) is 18.3 Å². The number of sulfonamides is 1. The summed E-state index contributed by atoms with van der Waals surface area (Å²) < 4.78 is 32.7. The molecule has 3 aromatic rings. The van der Waals surface area contributed by atoms with Crippen molar-refractivity contribution < 1.29 is 18.3 Å². The van der Waals surface area contributed by atoms with Gasteiger partial charge in [0.05, 0.1) is 12.0 Å². The summed E-state index contributed by atoms with van der Waals surface area (Å²) in [5.74, 6) is 0.639. The van der Waals surface area contributed by atoms with Crippen LogP contribution in [0.2, 0.25) is 0 Å². The van der Waals surface area contributed by atoms with Crippen molar-refractivity contribution in [3.05, 3.63) is 70.0 Å². The molecule has 0 aliphatic heterocycles. The molecule has 1 aromatic heterocycles. The van der Waals surface area contributed by atoms with E-state index >= 15 is 0 Å². The summed E-state index contributed by atoms with van der Waals surface area (Å²) in [6, 6.07) is 13.5. The monoisotopic (exact) mass is 416 g/mol. The molecule has 8 heteroatoms. The number of aromatic amines is 1. The Hall–Kier alpha value is -2.68. The first kappa shape index (κ1) is 21.0. The normalized spacial score (nSPS) is 11.9. The van der Waals surface area contributed by atoms with E-state index in [2.05, 4.69) is 4.98 Å². The SMILES string of the molecule is COc1ccc2[nH]c(=O)c(CN(CCCO)S(=O)(=O)c3ccc(C)cc3)cc2c1. The van der Waals surface area contributed by atoms with Gasteiger partial charge in [-0.05, 0) is 49.7 Å². The van der Waals surface area contributed by atoms with E-state index in [1.807, 2.05) is 6.92 Å². The molecule has 1 heterocycles. The maximum Gasteiger partial charge on any atom is 0.252 e. The molecule has 0 spiro atoms. The van der Waals surface area contributed by atoms with Crippen molar-refractivity contribution in [3.63, 3.8) is 0 Å². The standard InChI is InChI=1S/C21H24N2O5S/c1-15-4-7-19(8-5-15)29(26,27)23(10-3-11-24)14-17-12-16-13-18(28-2)6-9-20(16)22-21(17)25/h4-9,12-13,24H,3,10-11,14H2,1-2H3,(H,22,25). The lowest BCUT2D eigenvalue weighted by molar-refractivity contribution is 0.267. The molecule has 0 radical (unpaired) electrons. The third kappa shape index (κ3) is 4.67. The second-order valence-corrected chi connectivity index (χ2v) is 8.74. The highest BCUT2D eigenvalue weighted by Crippen LogP contribution is 2.22. The molecular weight excluding hydrogens is 392 g/mol. The molecule has 0 bridgehead atoms. The number of aliphatic hydroxyl groups is 1. The Kier molecular flexibility index (Phi) is 6.36. The van der Waals surface area contributed by atoms with Crippen LogP contribution in [0.3, 0.4) is 0 Å². The van der Waals surface area contributed by atoms with Gasteiger partial charge in [0.1, 0.15) is 5.75 Å². The van der Waals surface area contributed by atoms with Gasteiger partial charge in [-0.3, -0.25) is 4.79 Å². The first-order valence-electron chi connectivity index (χ1n) is 9.23. The van der Waals surface area contributed by atoms with Gasteiger partial charge in [-0.2, -0.15) is 4.31 Å². The first-order chi connectivity index (χ1) is 13.8. The summed E-state index contributed by atoms with van der Waals surface area (Å²) in [5.41, 5.74) is 1.56. The Bertz CT molecular complexity index is 1150. The minimum atomic E-state index is -3.83. The van der Waals surface area contributed by atoms with Gasteiger partial charge in [0, 0.05) is 36.2 Å². The number of aryl methyl sites for hydroxylation is 1. The Morgan fingerprint density at radius 1 is 1.10 bits per heavy atom. The second-order valence-electron chi connectivity index (χ2n) is 6.81. The molecule has 0 aliphatic carbocycles. The molecule has 0 saturated carbocycles. The van der Waals surface area contributed by atoms with Crippen molar-refractivity contribution >= 4 is 20.9 Å². The van der Waals surface area contributed by atoms with Gasteiger partial charge in [-0.25, -0.2) is 8.42 Å². The predicted octanol–water partition coefficient (Wildman–Crippen LogP) is 2.42. The van der Waals surface area contributed by atoms with E-state index in [1.165, 1.54) is 4.31 Å². The van der Waals surface area contributed by atoms with Crippen molar-refractivity contribution in [2.45, 2.75) is 24.8 Å². The average molecular weight is 416 g/mol. The van der Waals surface area contributed by atoms with Gasteiger partial charge in [0.2, 0.25) is 10.0 Å². The summed E-state index contributed by atoms with van der Waals surface area (Å²) in [6.07, 6.45) is 0.268. The van der Waals surface area contributed by atoms with Crippen molar-refractivity contribution in [3.8, 4) is 5.75 Å². The van der Waals surface area contributed by atoms with Gasteiger partial charge in [0.15, 0.2) is 0 Å². The maximum atomic E-state index is 13.1. The van der Waals surface area contributed by atoms with E-state index in [1.54, 1.807) is 55.6 Å². The zero-order chi connectivity index (χ0) is 21.0. The predicted molar refractivity (Wildman–Crippen MR) is 112 cm³/mol. The van der Waals surface area contributed by atoms with Crippen LogP contribution in [0.1, 0.15) is 17.5 Å². The number of aliphatic hydroxyl groups excluding tert-OH is 1. The number of hydrogen-bond donors (Lipinski definition) is 2. The number of ether oxygens (including phenoxy) is 1. The minimum absolute atomic E-state index is 0.0985. The summed E-state index contributed by atoms with van der Waals surface area (Å²) in [5, 5.41) is 9.95. The fourth-order valence-corrected chi connectivity index (χ4v) is 4.51. The van der Waals surface area contributed by atoms with Crippen LogP contribution in [0.25, 0.3) is 10.9 Å². The Morgan fingerprint density at radius 2 is 1.83 bits per heavy atom. The molecule has 2 aromatic carbocycles. The molecular formula is C21H24N2O5S. The molecule has 3 rings (SSSR count). The van der Waals surface area contributed by atoms with Crippen LogP contribution in [0.5, 0.6) is 5.75 Å². The number of nitrogens with zero attached hydrogens (tertiary/aromatic N) is 1. The average Bonchev–Trinajstić information content (AvgIpc) is 2.71. The van der Waals surface area contributed by atoms with E-state index < -0.39 is 10.0 Å². The number of benzene rings is 2. The summed E-state index contributed by atoms with van der Waals surface area (Å²) in [7, 11) is -2.27. The molecule has 0 aliphatic rings. The topological polar surface area (TPSA) is 99.7 Å². The Balaban J connectivity index is 2.01. The van der Waals surface area contributed by atoms with Crippen LogP contribution in [0.15, 0.2) is 58.2 Å². The van der Waals surface area contributed by atoms with Crippen LogP contribution in [0, 0.1) is 6.92 Å². The number of aromatic nitrogens is 1. The lowest BCUT2D eigenvalue weighted by atomic mass is 10.1. The molecule has 0 unspecified atom stereocenters. The lowest BCUT2D eigenvalue weighted by Gasteiger charge is -2.22. The van der Waals surface area contributed by atoms with Crippen molar-refractivity contribution in [2.75, 3.05) is 20.3 Å². The molecule has 0 amide bonds. The van der Waals surface area contributed by atoms with Crippen molar-refractivity contribution in [2.24, 2.45) is 0 Å². The molecule has 2 N–H and O–H groups in total. The second kappa shape index (κ2) is 8.77. The lowest BCUT2D eigenvalue weighted by Crippen LogP contribution is -2.34. The Labute approximate surface area is 169 Å². The zero-order valence-electron chi connectivity index (χ0n) is 16.4. The minimum Gasteiger partial charge on any atom is -0.497 e. The number of nitrogens with one attached hydrogen (secondary N) is 1. The number of fused-ring (bicyclic) bond motifs is 1. The van der Waals surface area contributed by atoms with E-state index in [4.69, 9.17) is 4.74 Å². The molecule has 154 valence electrons. The quantitative estimate of drug-likeness (QED) is 0.587. The van der Waals surface area contributed by atoms with Gasteiger partial charge in [-0.15, -0.1) is 0 Å². The number of rotatable bonds is 8. The Morgan fingerprint density at radius 3 is 2.48 bits per heavy atom. The van der Waals surface area contributed by atoms with Crippen LogP contribution >= 0.6 is 0 Å². The number of methoxy groups -OCH3 is 1. The fraction of sp³-hybridized carbons (Fsp3) is 0.286. The number of H-pyrrole nitrogens is 1. The maximum absolute atomic E-state index is 13.1. The largest absolute Gasteiger partial charge is 0.497 e. The molecule has 29 heavy (non-hydrogen) atoms. The fourth-order valence-electron chi connectivity index (χ4n) is 3.05. The highest BCUT2D eigenvalue weighted by Gasteiger charge is 2.25. The van der Waals surface area contributed by atoms with Crippen molar-refractivity contribution in [1.82, 2.24) is 9.29 Å². The molecule has 7 nitrogen and oxygen atoms in total. The number of hydrogen-bond acceptors (Lipinski definition) is 5. The third-order valence-corrected chi connectivity index (χ3v) is 6.56. The van der Waals surface area contributed by atoms with Gasteiger partial charge in [0.25, 0.3) is 5.56 Å². The summed E-state index contributed by atoms with van der Waals surface area (Å²) in [6.45, 7) is 1.73. The zero-order valence-corrected chi connectivity index (χ0v) is 17.2. The smallest absolute Gasteiger partial charge is 0.252 e. The van der Waals surface area contributed by atoms with Crippen LogP contribution < -0.4 is 10.3 Å². The van der Waals surface area contributed by atoms with Crippen LogP contribution in [-0.2, 0) is 16.6 Å². The highest BCUT2D eigenvalue weighted by molar-refractivity contribution is 7.89. The van der Waals surface area contributed by atoms with E-state index in [0.29, 0.717) is 16.8 Å². The number of pyridine rings is 1. The summed E-state index contributed by atoms with van der Waals surface area (Å²) >= 11 is 0. The molecule has 0 saturated heterocycles. The third-order valence-electron chi connectivity index (χ3n) is 4.70. The van der Waals surface area contributed by atoms with Crippen LogP contribution in [0.4, 0.5) is 0 Å². The first-order valence-corrected chi connectivity index (χ1v) is 10.7. The van der Waals surface area contributed by atoms with Gasteiger partial charge >= 0.3 is 0 Å². The molecule has 0 fully saturated rings. The van der Waals surface area contributed by atoms with Gasteiger partial charge < -0.3 is 14.8 Å². The van der Waals surface area contributed by atoms with Crippen molar-refractivity contribution in [1.29, 1.82) is 0 Å². The van der Waals surface area contributed by atoms with Gasteiger partial charge in [-0.1, -0.05) is 17.7 Å². The molecule has 0 atom stereocenters. The highest BCUT2D eigenvalue weighted by atomic mass is 32.2.